The zero-order valence-electron chi connectivity index (χ0n) is 14.6. The van der Waals surface area contributed by atoms with Gasteiger partial charge < -0.3 is 10.1 Å². The van der Waals surface area contributed by atoms with Crippen LogP contribution >= 0.6 is 0 Å². The molecule has 0 aromatic heterocycles. The molecule has 4 rings (SSSR count). The van der Waals surface area contributed by atoms with E-state index in [4.69, 9.17) is 4.74 Å². The van der Waals surface area contributed by atoms with Crippen molar-refractivity contribution in [3.8, 4) is 0 Å². The molecule has 2 aliphatic heterocycles. The standard InChI is InChI=1S/C21H23FN2O2/c22-19-9-5-4-8-16(19)12-24-13-17-10-18(20(14-24)26-17)21(25)23-11-15-6-2-1-3-7-15/h1-9,17-18,20H,10-14H2,(H,23,25)/t17-,18+,20-/m1/s1. The highest BCUT2D eigenvalue weighted by Gasteiger charge is 2.44. The summed E-state index contributed by atoms with van der Waals surface area (Å²) in [5, 5.41) is 3.03. The van der Waals surface area contributed by atoms with Crippen molar-refractivity contribution in [3.63, 3.8) is 0 Å². The van der Waals surface area contributed by atoms with Crippen molar-refractivity contribution in [3.05, 3.63) is 71.5 Å². The molecule has 0 unspecified atom stereocenters. The summed E-state index contributed by atoms with van der Waals surface area (Å²) in [5.74, 6) is -0.257. The van der Waals surface area contributed by atoms with Gasteiger partial charge in [-0.1, -0.05) is 48.5 Å². The van der Waals surface area contributed by atoms with Crippen LogP contribution in [0.1, 0.15) is 17.5 Å². The predicted molar refractivity (Wildman–Crippen MR) is 96.7 cm³/mol. The van der Waals surface area contributed by atoms with Gasteiger partial charge in [0.2, 0.25) is 5.91 Å². The first-order valence-electron chi connectivity index (χ1n) is 9.12. The number of benzene rings is 2. The molecular weight excluding hydrogens is 331 g/mol. The number of halogens is 1. The predicted octanol–water partition coefficient (Wildman–Crippen LogP) is 2.73. The number of rotatable bonds is 5. The van der Waals surface area contributed by atoms with E-state index in [9.17, 15) is 9.18 Å². The molecule has 1 N–H and O–H groups in total. The number of nitrogens with zero attached hydrogens (tertiary/aromatic N) is 1. The molecule has 2 heterocycles. The summed E-state index contributed by atoms with van der Waals surface area (Å²) >= 11 is 0. The second kappa shape index (κ2) is 7.56. The first kappa shape index (κ1) is 17.2. The number of nitrogens with one attached hydrogen (secondary N) is 1. The molecule has 4 nitrogen and oxygen atoms in total. The number of carbonyl (C=O) groups excluding carboxylic acids is 1. The van der Waals surface area contributed by atoms with Gasteiger partial charge in [-0.3, -0.25) is 9.69 Å². The summed E-state index contributed by atoms with van der Waals surface area (Å²) in [5.41, 5.74) is 1.78. The number of morpholine rings is 1. The van der Waals surface area contributed by atoms with Crippen LogP contribution in [0.2, 0.25) is 0 Å². The molecule has 2 aliphatic rings. The quantitative estimate of drug-likeness (QED) is 0.898. The van der Waals surface area contributed by atoms with Crippen molar-refractivity contribution in [1.82, 2.24) is 10.2 Å². The lowest BCUT2D eigenvalue weighted by atomic mass is 9.99. The Morgan fingerprint density at radius 3 is 2.69 bits per heavy atom. The van der Waals surface area contributed by atoms with Gasteiger partial charge in [0.1, 0.15) is 5.82 Å². The van der Waals surface area contributed by atoms with Crippen LogP contribution in [0.5, 0.6) is 0 Å². The summed E-state index contributed by atoms with van der Waals surface area (Å²) in [4.78, 5) is 14.8. The van der Waals surface area contributed by atoms with Crippen LogP contribution in [-0.4, -0.2) is 36.1 Å². The normalized spacial score (nSPS) is 25.2. The average Bonchev–Trinajstić information content (AvgIpc) is 2.97. The third kappa shape index (κ3) is 3.79. The molecule has 5 heteroatoms. The van der Waals surface area contributed by atoms with Crippen LogP contribution in [0.4, 0.5) is 4.39 Å². The number of amides is 1. The van der Waals surface area contributed by atoms with E-state index in [2.05, 4.69) is 10.2 Å². The molecule has 2 aromatic rings. The van der Waals surface area contributed by atoms with Crippen molar-refractivity contribution in [2.75, 3.05) is 13.1 Å². The number of carbonyl (C=O) groups is 1. The lowest BCUT2D eigenvalue weighted by Crippen LogP contribution is -2.45. The molecule has 0 radical (unpaired) electrons. The number of hydrogen-bond donors (Lipinski definition) is 1. The first-order chi connectivity index (χ1) is 12.7. The topological polar surface area (TPSA) is 41.6 Å². The maximum atomic E-state index is 13.9. The zero-order valence-corrected chi connectivity index (χ0v) is 14.6. The zero-order chi connectivity index (χ0) is 17.9. The summed E-state index contributed by atoms with van der Waals surface area (Å²) in [6, 6.07) is 16.8. The molecule has 2 fully saturated rings. The average molecular weight is 354 g/mol. The van der Waals surface area contributed by atoms with Crippen molar-refractivity contribution in [2.24, 2.45) is 5.92 Å². The Morgan fingerprint density at radius 1 is 1.12 bits per heavy atom. The Bertz CT molecular complexity index is 768. The molecule has 0 aliphatic carbocycles. The monoisotopic (exact) mass is 354 g/mol. The van der Waals surface area contributed by atoms with Gasteiger partial charge in [-0.15, -0.1) is 0 Å². The molecule has 0 saturated carbocycles. The fraction of sp³-hybridized carbons (Fsp3) is 0.381. The SMILES string of the molecule is O=C(NCc1ccccc1)[C@H]1C[C@@H]2CN(Cc3ccccc3F)C[C@H]1O2. The molecule has 2 saturated heterocycles. The fourth-order valence-corrected chi connectivity index (χ4v) is 3.93. The second-order valence-corrected chi connectivity index (χ2v) is 7.13. The highest BCUT2D eigenvalue weighted by molar-refractivity contribution is 5.79. The third-order valence-electron chi connectivity index (χ3n) is 5.23. The van der Waals surface area contributed by atoms with Crippen molar-refractivity contribution >= 4 is 5.91 Å². The Hall–Kier alpha value is -2.24. The van der Waals surface area contributed by atoms with Gasteiger partial charge in [0.25, 0.3) is 0 Å². The molecular formula is C21H23FN2O2. The van der Waals surface area contributed by atoms with Gasteiger partial charge in [0, 0.05) is 31.7 Å². The van der Waals surface area contributed by atoms with Crippen molar-refractivity contribution < 1.29 is 13.9 Å². The minimum absolute atomic E-state index is 0.0491. The molecule has 136 valence electrons. The van der Waals surface area contributed by atoms with E-state index < -0.39 is 0 Å². The third-order valence-corrected chi connectivity index (χ3v) is 5.23. The van der Waals surface area contributed by atoms with Crippen LogP contribution in [0, 0.1) is 11.7 Å². The summed E-state index contributed by atoms with van der Waals surface area (Å²) < 4.78 is 19.9. The second-order valence-electron chi connectivity index (χ2n) is 7.13. The van der Waals surface area contributed by atoms with Gasteiger partial charge in [-0.2, -0.15) is 0 Å². The van der Waals surface area contributed by atoms with E-state index in [0.29, 0.717) is 25.2 Å². The molecule has 2 aromatic carbocycles. The minimum Gasteiger partial charge on any atom is -0.371 e. The Kier molecular flexibility index (Phi) is 5.00. The van der Waals surface area contributed by atoms with E-state index in [1.165, 1.54) is 6.07 Å². The summed E-state index contributed by atoms with van der Waals surface area (Å²) in [6.45, 7) is 2.50. The molecule has 1 amide bonds. The maximum absolute atomic E-state index is 13.9. The number of fused-ring (bicyclic) bond motifs is 2. The van der Waals surface area contributed by atoms with Gasteiger partial charge in [-0.25, -0.2) is 4.39 Å². The minimum atomic E-state index is -0.177. The lowest BCUT2D eigenvalue weighted by Gasteiger charge is -2.32. The Balaban J connectivity index is 1.35. The number of likely N-dealkylation sites (tertiary alicyclic amines) is 1. The van der Waals surface area contributed by atoms with Gasteiger partial charge in [0.05, 0.1) is 18.1 Å². The highest BCUT2D eigenvalue weighted by atomic mass is 19.1. The molecule has 26 heavy (non-hydrogen) atoms. The van der Waals surface area contributed by atoms with E-state index in [-0.39, 0.29) is 29.9 Å². The van der Waals surface area contributed by atoms with E-state index in [1.54, 1.807) is 6.07 Å². The fourth-order valence-electron chi connectivity index (χ4n) is 3.93. The molecule has 2 bridgehead atoms. The van der Waals surface area contributed by atoms with E-state index in [1.807, 2.05) is 42.5 Å². The molecule has 0 spiro atoms. The smallest absolute Gasteiger partial charge is 0.226 e. The van der Waals surface area contributed by atoms with Gasteiger partial charge >= 0.3 is 0 Å². The number of hydrogen-bond acceptors (Lipinski definition) is 3. The van der Waals surface area contributed by atoms with Crippen LogP contribution < -0.4 is 5.32 Å². The lowest BCUT2D eigenvalue weighted by molar-refractivity contribution is -0.128. The summed E-state index contributed by atoms with van der Waals surface area (Å²) in [7, 11) is 0. The largest absolute Gasteiger partial charge is 0.371 e. The van der Waals surface area contributed by atoms with Crippen molar-refractivity contribution in [1.29, 1.82) is 0 Å². The van der Waals surface area contributed by atoms with Crippen LogP contribution in [0.25, 0.3) is 0 Å². The van der Waals surface area contributed by atoms with Crippen LogP contribution in [0.15, 0.2) is 54.6 Å². The Morgan fingerprint density at radius 2 is 1.88 bits per heavy atom. The van der Waals surface area contributed by atoms with E-state index in [0.717, 1.165) is 18.5 Å². The number of ether oxygens (including phenoxy) is 1. The Labute approximate surface area is 153 Å². The maximum Gasteiger partial charge on any atom is 0.226 e. The molecule has 3 atom stereocenters. The van der Waals surface area contributed by atoms with E-state index >= 15 is 0 Å². The van der Waals surface area contributed by atoms with Crippen molar-refractivity contribution in [2.45, 2.75) is 31.7 Å². The van der Waals surface area contributed by atoms with Gasteiger partial charge in [0.15, 0.2) is 0 Å². The van der Waals surface area contributed by atoms with Gasteiger partial charge in [-0.05, 0) is 18.1 Å². The first-order valence-corrected chi connectivity index (χ1v) is 9.12. The highest BCUT2D eigenvalue weighted by Crippen LogP contribution is 2.33. The van der Waals surface area contributed by atoms with Crippen LogP contribution in [-0.2, 0) is 22.6 Å². The summed E-state index contributed by atoms with van der Waals surface area (Å²) in [6.07, 6.45) is 0.670. The van der Waals surface area contributed by atoms with Crippen LogP contribution in [0.3, 0.4) is 0 Å².